The standard InChI is InChI=1S/C22H35N3O3/c1-17-7-5-8-18(15-17)16-25-13-10-19(11-14-25)24-20(26)9-6-12-23-21(27)28-22(2,3)4/h5,7-8,15,19H,6,9-14,16H2,1-4H3,(H,23,27)(H,24,26). The van der Waals surface area contributed by atoms with Gasteiger partial charge in [0.15, 0.2) is 0 Å². The zero-order valence-corrected chi connectivity index (χ0v) is 17.7. The van der Waals surface area contributed by atoms with E-state index >= 15 is 0 Å². The van der Waals surface area contributed by atoms with Crippen LogP contribution >= 0.6 is 0 Å². The number of benzene rings is 1. The van der Waals surface area contributed by atoms with E-state index in [1.807, 2.05) is 20.8 Å². The second-order valence-corrected chi connectivity index (χ2v) is 8.64. The number of nitrogens with zero attached hydrogens (tertiary/aromatic N) is 1. The zero-order valence-electron chi connectivity index (χ0n) is 17.7. The van der Waals surface area contributed by atoms with E-state index in [0.717, 1.165) is 32.5 Å². The van der Waals surface area contributed by atoms with Crippen LogP contribution in [0.25, 0.3) is 0 Å². The Morgan fingerprint density at radius 1 is 1.21 bits per heavy atom. The summed E-state index contributed by atoms with van der Waals surface area (Å²) in [6.07, 6.45) is 2.55. The van der Waals surface area contributed by atoms with Gasteiger partial charge in [-0.1, -0.05) is 29.8 Å². The highest BCUT2D eigenvalue weighted by atomic mass is 16.6. The molecule has 1 heterocycles. The molecule has 6 nitrogen and oxygen atoms in total. The van der Waals surface area contributed by atoms with E-state index in [0.29, 0.717) is 19.4 Å². The second-order valence-electron chi connectivity index (χ2n) is 8.64. The van der Waals surface area contributed by atoms with Crippen LogP contribution < -0.4 is 10.6 Å². The molecule has 1 saturated heterocycles. The van der Waals surface area contributed by atoms with Crippen LogP contribution in [0.3, 0.4) is 0 Å². The number of carbonyl (C=O) groups is 2. The first-order valence-corrected chi connectivity index (χ1v) is 10.3. The van der Waals surface area contributed by atoms with Gasteiger partial charge in [0.05, 0.1) is 0 Å². The molecule has 1 aromatic carbocycles. The van der Waals surface area contributed by atoms with Crippen LogP contribution in [-0.4, -0.2) is 48.2 Å². The van der Waals surface area contributed by atoms with Crippen molar-refractivity contribution in [1.29, 1.82) is 0 Å². The van der Waals surface area contributed by atoms with Crippen LogP contribution in [0.4, 0.5) is 4.79 Å². The van der Waals surface area contributed by atoms with Crippen molar-refractivity contribution in [2.24, 2.45) is 0 Å². The molecular weight excluding hydrogens is 354 g/mol. The highest BCUT2D eigenvalue weighted by Gasteiger charge is 2.21. The van der Waals surface area contributed by atoms with Crippen molar-refractivity contribution >= 4 is 12.0 Å². The van der Waals surface area contributed by atoms with Gasteiger partial charge in [-0.2, -0.15) is 0 Å². The molecule has 28 heavy (non-hydrogen) atoms. The normalized spacial score (nSPS) is 15.9. The molecule has 0 atom stereocenters. The molecule has 0 unspecified atom stereocenters. The Kier molecular flexibility index (Phi) is 8.30. The van der Waals surface area contributed by atoms with Gasteiger partial charge in [0, 0.05) is 38.6 Å². The molecule has 2 rings (SSSR count). The van der Waals surface area contributed by atoms with Gasteiger partial charge < -0.3 is 15.4 Å². The van der Waals surface area contributed by atoms with Gasteiger partial charge in [-0.15, -0.1) is 0 Å². The summed E-state index contributed by atoms with van der Waals surface area (Å²) < 4.78 is 5.17. The minimum atomic E-state index is -0.504. The van der Waals surface area contributed by atoms with Gasteiger partial charge in [-0.05, 0) is 52.5 Å². The maximum absolute atomic E-state index is 12.1. The summed E-state index contributed by atoms with van der Waals surface area (Å²) >= 11 is 0. The summed E-state index contributed by atoms with van der Waals surface area (Å²) in [5.41, 5.74) is 2.14. The molecule has 0 saturated carbocycles. The molecule has 2 amide bonds. The fourth-order valence-electron chi connectivity index (χ4n) is 3.36. The molecule has 0 bridgehead atoms. The molecule has 1 fully saturated rings. The number of carbonyl (C=O) groups excluding carboxylic acids is 2. The van der Waals surface area contributed by atoms with Gasteiger partial charge in [0.1, 0.15) is 5.60 Å². The molecule has 1 aliphatic heterocycles. The number of piperidine rings is 1. The molecule has 2 N–H and O–H groups in total. The fourth-order valence-corrected chi connectivity index (χ4v) is 3.36. The number of amides is 2. The second kappa shape index (κ2) is 10.5. The Labute approximate surface area is 169 Å². The Balaban J connectivity index is 1.58. The number of aryl methyl sites for hydroxylation is 1. The smallest absolute Gasteiger partial charge is 0.407 e. The third-order valence-corrected chi connectivity index (χ3v) is 4.69. The van der Waals surface area contributed by atoms with Gasteiger partial charge in [-0.3, -0.25) is 9.69 Å². The molecule has 1 aliphatic rings. The SMILES string of the molecule is Cc1cccc(CN2CCC(NC(=O)CCCNC(=O)OC(C)(C)C)CC2)c1. The fraction of sp³-hybridized carbons (Fsp3) is 0.636. The number of ether oxygens (including phenoxy) is 1. The number of hydrogen-bond donors (Lipinski definition) is 2. The average Bonchev–Trinajstić information content (AvgIpc) is 2.59. The first kappa shape index (κ1) is 22.2. The third kappa shape index (κ3) is 8.74. The van der Waals surface area contributed by atoms with Crippen molar-refractivity contribution in [1.82, 2.24) is 15.5 Å². The summed E-state index contributed by atoms with van der Waals surface area (Å²) in [5, 5.41) is 5.81. The third-order valence-electron chi connectivity index (χ3n) is 4.69. The topological polar surface area (TPSA) is 70.7 Å². The number of rotatable bonds is 7. The molecule has 156 valence electrons. The van der Waals surface area contributed by atoms with E-state index < -0.39 is 11.7 Å². The van der Waals surface area contributed by atoms with Crippen molar-refractivity contribution < 1.29 is 14.3 Å². The Bertz CT molecular complexity index is 647. The number of alkyl carbamates (subject to hydrolysis) is 1. The summed E-state index contributed by atoms with van der Waals surface area (Å²) in [4.78, 5) is 26.1. The molecule has 6 heteroatoms. The largest absolute Gasteiger partial charge is 0.444 e. The summed E-state index contributed by atoms with van der Waals surface area (Å²) in [6.45, 7) is 11.0. The van der Waals surface area contributed by atoms with Crippen LogP contribution in [0, 0.1) is 6.92 Å². The number of hydrogen-bond acceptors (Lipinski definition) is 4. The van der Waals surface area contributed by atoms with Crippen molar-refractivity contribution in [2.75, 3.05) is 19.6 Å². The minimum absolute atomic E-state index is 0.0584. The summed E-state index contributed by atoms with van der Waals surface area (Å²) in [7, 11) is 0. The van der Waals surface area contributed by atoms with E-state index in [4.69, 9.17) is 4.74 Å². The highest BCUT2D eigenvalue weighted by molar-refractivity contribution is 5.76. The Morgan fingerprint density at radius 2 is 1.93 bits per heavy atom. The lowest BCUT2D eigenvalue weighted by molar-refractivity contribution is -0.122. The highest BCUT2D eigenvalue weighted by Crippen LogP contribution is 2.15. The molecule has 0 aliphatic carbocycles. The summed E-state index contributed by atoms with van der Waals surface area (Å²) in [6, 6.07) is 8.88. The van der Waals surface area contributed by atoms with Gasteiger partial charge in [0.25, 0.3) is 0 Å². The monoisotopic (exact) mass is 389 g/mol. The molecule has 0 radical (unpaired) electrons. The Morgan fingerprint density at radius 3 is 2.57 bits per heavy atom. The van der Waals surface area contributed by atoms with Crippen molar-refractivity contribution in [3.05, 3.63) is 35.4 Å². The molecule has 0 spiro atoms. The van der Waals surface area contributed by atoms with E-state index in [-0.39, 0.29) is 11.9 Å². The first-order chi connectivity index (χ1) is 13.2. The average molecular weight is 390 g/mol. The van der Waals surface area contributed by atoms with Crippen molar-refractivity contribution in [3.63, 3.8) is 0 Å². The van der Waals surface area contributed by atoms with E-state index in [1.165, 1.54) is 11.1 Å². The lowest BCUT2D eigenvalue weighted by Crippen LogP contribution is -2.44. The van der Waals surface area contributed by atoms with E-state index in [2.05, 4.69) is 46.7 Å². The summed E-state index contributed by atoms with van der Waals surface area (Å²) in [5.74, 6) is 0.0584. The first-order valence-electron chi connectivity index (χ1n) is 10.3. The van der Waals surface area contributed by atoms with Crippen molar-refractivity contribution in [3.8, 4) is 0 Å². The van der Waals surface area contributed by atoms with Crippen LogP contribution in [0.2, 0.25) is 0 Å². The van der Waals surface area contributed by atoms with Crippen LogP contribution in [0.15, 0.2) is 24.3 Å². The van der Waals surface area contributed by atoms with Crippen molar-refractivity contribution in [2.45, 2.75) is 71.6 Å². The van der Waals surface area contributed by atoms with Gasteiger partial charge in [-0.25, -0.2) is 4.79 Å². The van der Waals surface area contributed by atoms with E-state index in [1.54, 1.807) is 0 Å². The molecule has 0 aromatic heterocycles. The van der Waals surface area contributed by atoms with Crippen LogP contribution in [0.1, 0.15) is 57.6 Å². The predicted molar refractivity (Wildman–Crippen MR) is 111 cm³/mol. The minimum Gasteiger partial charge on any atom is -0.444 e. The lowest BCUT2D eigenvalue weighted by Gasteiger charge is -2.32. The quantitative estimate of drug-likeness (QED) is 0.702. The van der Waals surface area contributed by atoms with E-state index in [9.17, 15) is 9.59 Å². The predicted octanol–water partition coefficient (Wildman–Crippen LogP) is 3.38. The maximum Gasteiger partial charge on any atom is 0.407 e. The van der Waals surface area contributed by atoms with Gasteiger partial charge in [0.2, 0.25) is 5.91 Å². The maximum atomic E-state index is 12.1. The van der Waals surface area contributed by atoms with Crippen LogP contribution in [-0.2, 0) is 16.1 Å². The number of likely N-dealkylation sites (tertiary alicyclic amines) is 1. The van der Waals surface area contributed by atoms with Crippen LogP contribution in [0.5, 0.6) is 0 Å². The Hall–Kier alpha value is -2.08. The molecular formula is C22H35N3O3. The lowest BCUT2D eigenvalue weighted by atomic mass is 10.0. The molecule has 1 aromatic rings. The number of nitrogens with one attached hydrogen (secondary N) is 2. The zero-order chi connectivity index (χ0) is 20.6. The van der Waals surface area contributed by atoms with Gasteiger partial charge >= 0.3 is 6.09 Å².